The minimum absolute atomic E-state index is 0.114. The van der Waals surface area contributed by atoms with Crippen LogP contribution in [0.15, 0.2) is 22.7 Å². The van der Waals surface area contributed by atoms with Crippen LogP contribution >= 0.6 is 15.9 Å². The Morgan fingerprint density at radius 3 is 2.61 bits per heavy atom. The molecule has 102 valence electrons. The first kappa shape index (κ1) is 15.6. The van der Waals surface area contributed by atoms with Gasteiger partial charge in [0.15, 0.2) is 0 Å². The SMILES string of the molecule is COC(C)(C)CCC(NN)c1ccc(C)c(Br)c1. The molecule has 1 atom stereocenters. The fourth-order valence-electron chi connectivity index (χ4n) is 1.77. The van der Waals surface area contributed by atoms with Gasteiger partial charge in [-0.1, -0.05) is 28.1 Å². The van der Waals surface area contributed by atoms with Crippen molar-refractivity contribution in [3.63, 3.8) is 0 Å². The highest BCUT2D eigenvalue weighted by molar-refractivity contribution is 9.10. The number of halogens is 1. The first-order valence-corrected chi connectivity index (χ1v) is 6.96. The van der Waals surface area contributed by atoms with E-state index in [4.69, 9.17) is 10.6 Å². The van der Waals surface area contributed by atoms with Crippen molar-refractivity contribution in [1.82, 2.24) is 5.43 Å². The summed E-state index contributed by atoms with van der Waals surface area (Å²) >= 11 is 3.55. The van der Waals surface area contributed by atoms with E-state index in [0.29, 0.717) is 0 Å². The summed E-state index contributed by atoms with van der Waals surface area (Å²) in [5.41, 5.74) is 5.20. The Bertz CT molecular complexity index is 393. The van der Waals surface area contributed by atoms with Gasteiger partial charge in [-0.25, -0.2) is 0 Å². The van der Waals surface area contributed by atoms with Crippen LogP contribution in [0.2, 0.25) is 0 Å². The number of hydrogen-bond acceptors (Lipinski definition) is 3. The third-order valence-electron chi connectivity index (χ3n) is 3.39. The summed E-state index contributed by atoms with van der Waals surface area (Å²) in [5.74, 6) is 5.66. The summed E-state index contributed by atoms with van der Waals surface area (Å²) in [5, 5.41) is 0. The fraction of sp³-hybridized carbons (Fsp3) is 0.571. The van der Waals surface area contributed by atoms with Crippen molar-refractivity contribution in [3.05, 3.63) is 33.8 Å². The number of nitrogens with one attached hydrogen (secondary N) is 1. The van der Waals surface area contributed by atoms with Crippen molar-refractivity contribution >= 4 is 15.9 Å². The summed E-state index contributed by atoms with van der Waals surface area (Å²) in [6.07, 6.45) is 1.89. The van der Waals surface area contributed by atoms with Crippen LogP contribution < -0.4 is 11.3 Å². The molecule has 1 rings (SSSR count). The number of rotatable bonds is 6. The lowest BCUT2D eigenvalue weighted by Gasteiger charge is -2.26. The minimum Gasteiger partial charge on any atom is -0.379 e. The zero-order chi connectivity index (χ0) is 13.8. The number of hydrogen-bond donors (Lipinski definition) is 2. The highest BCUT2D eigenvalue weighted by atomic mass is 79.9. The third-order valence-corrected chi connectivity index (χ3v) is 4.24. The number of ether oxygens (including phenoxy) is 1. The van der Waals surface area contributed by atoms with E-state index in [1.54, 1.807) is 7.11 Å². The van der Waals surface area contributed by atoms with E-state index in [0.717, 1.165) is 17.3 Å². The van der Waals surface area contributed by atoms with Crippen LogP contribution in [-0.2, 0) is 4.74 Å². The molecule has 0 amide bonds. The number of aryl methyl sites for hydroxylation is 1. The highest BCUT2D eigenvalue weighted by Crippen LogP contribution is 2.27. The predicted molar refractivity (Wildman–Crippen MR) is 79.3 cm³/mol. The van der Waals surface area contributed by atoms with E-state index >= 15 is 0 Å². The molecule has 0 aromatic heterocycles. The summed E-state index contributed by atoms with van der Waals surface area (Å²) in [6.45, 7) is 6.25. The average Bonchev–Trinajstić information content (AvgIpc) is 2.34. The lowest BCUT2D eigenvalue weighted by molar-refractivity contribution is 0.0117. The molecule has 0 spiro atoms. The Morgan fingerprint density at radius 1 is 1.44 bits per heavy atom. The maximum absolute atomic E-state index is 5.66. The molecule has 1 aromatic rings. The molecule has 0 bridgehead atoms. The highest BCUT2D eigenvalue weighted by Gasteiger charge is 2.19. The van der Waals surface area contributed by atoms with Gasteiger partial charge in [-0.2, -0.15) is 0 Å². The molecule has 3 N–H and O–H groups in total. The number of nitrogens with two attached hydrogens (primary N) is 1. The number of hydrazine groups is 1. The summed E-state index contributed by atoms with van der Waals surface area (Å²) < 4.78 is 6.55. The van der Waals surface area contributed by atoms with Crippen molar-refractivity contribution < 1.29 is 4.74 Å². The van der Waals surface area contributed by atoms with Gasteiger partial charge < -0.3 is 4.74 Å². The van der Waals surface area contributed by atoms with Crippen molar-refractivity contribution in [3.8, 4) is 0 Å². The molecule has 0 saturated carbocycles. The minimum atomic E-state index is -0.114. The molecule has 1 aromatic carbocycles. The lowest BCUT2D eigenvalue weighted by atomic mass is 9.95. The normalized spacial score (nSPS) is 13.7. The standard InChI is InChI=1S/C14H23BrN2O/c1-10-5-6-11(9-12(10)15)13(17-16)7-8-14(2,3)18-4/h5-6,9,13,17H,7-8,16H2,1-4H3. The summed E-state index contributed by atoms with van der Waals surface area (Å²) in [6, 6.07) is 6.49. The lowest BCUT2D eigenvalue weighted by Crippen LogP contribution is -2.31. The van der Waals surface area contributed by atoms with Crippen molar-refractivity contribution in [2.24, 2.45) is 5.84 Å². The van der Waals surface area contributed by atoms with Crippen LogP contribution in [0.3, 0.4) is 0 Å². The van der Waals surface area contributed by atoms with Gasteiger partial charge in [-0.05, 0) is 50.8 Å². The van der Waals surface area contributed by atoms with Gasteiger partial charge in [0, 0.05) is 17.6 Å². The third kappa shape index (κ3) is 4.35. The van der Waals surface area contributed by atoms with E-state index in [1.807, 2.05) is 0 Å². The largest absolute Gasteiger partial charge is 0.379 e. The predicted octanol–water partition coefficient (Wildman–Crippen LogP) is 3.47. The summed E-state index contributed by atoms with van der Waals surface area (Å²) in [4.78, 5) is 0. The zero-order valence-corrected chi connectivity index (χ0v) is 13.2. The van der Waals surface area contributed by atoms with Gasteiger partial charge in [0.1, 0.15) is 0 Å². The van der Waals surface area contributed by atoms with Gasteiger partial charge in [0.25, 0.3) is 0 Å². The topological polar surface area (TPSA) is 47.3 Å². The second-order valence-corrected chi connectivity index (χ2v) is 6.08. The molecule has 3 nitrogen and oxygen atoms in total. The molecule has 0 aliphatic rings. The molecule has 0 aliphatic carbocycles. The van der Waals surface area contributed by atoms with E-state index in [9.17, 15) is 0 Å². The van der Waals surface area contributed by atoms with Crippen LogP contribution in [0.4, 0.5) is 0 Å². The van der Waals surface area contributed by atoms with Crippen LogP contribution in [0.1, 0.15) is 43.9 Å². The first-order chi connectivity index (χ1) is 8.39. The molecular weight excluding hydrogens is 292 g/mol. The molecule has 0 heterocycles. The monoisotopic (exact) mass is 314 g/mol. The average molecular weight is 315 g/mol. The Kier molecular flexibility index (Phi) is 5.79. The molecule has 4 heteroatoms. The molecule has 0 fully saturated rings. The Balaban J connectivity index is 2.74. The van der Waals surface area contributed by atoms with Crippen LogP contribution in [-0.4, -0.2) is 12.7 Å². The maximum Gasteiger partial charge on any atom is 0.0623 e. The maximum atomic E-state index is 5.66. The molecule has 0 saturated heterocycles. The molecule has 0 radical (unpaired) electrons. The number of methoxy groups -OCH3 is 1. The summed E-state index contributed by atoms with van der Waals surface area (Å²) in [7, 11) is 1.74. The van der Waals surface area contributed by atoms with Crippen LogP contribution in [0.5, 0.6) is 0 Å². The van der Waals surface area contributed by atoms with Gasteiger partial charge in [-0.15, -0.1) is 0 Å². The van der Waals surface area contributed by atoms with E-state index in [-0.39, 0.29) is 11.6 Å². The zero-order valence-electron chi connectivity index (χ0n) is 11.6. The Morgan fingerprint density at radius 2 is 2.11 bits per heavy atom. The van der Waals surface area contributed by atoms with Crippen LogP contribution in [0.25, 0.3) is 0 Å². The van der Waals surface area contributed by atoms with Gasteiger partial charge >= 0.3 is 0 Å². The van der Waals surface area contributed by atoms with Crippen molar-refractivity contribution in [1.29, 1.82) is 0 Å². The molecule has 0 aliphatic heterocycles. The fourth-order valence-corrected chi connectivity index (χ4v) is 2.16. The van der Waals surface area contributed by atoms with Gasteiger partial charge in [-0.3, -0.25) is 11.3 Å². The van der Waals surface area contributed by atoms with E-state index < -0.39 is 0 Å². The van der Waals surface area contributed by atoms with Crippen molar-refractivity contribution in [2.45, 2.75) is 45.3 Å². The molecule has 1 unspecified atom stereocenters. The van der Waals surface area contributed by atoms with Crippen LogP contribution in [0, 0.1) is 6.92 Å². The van der Waals surface area contributed by atoms with Gasteiger partial charge in [0.05, 0.1) is 5.60 Å². The Hall–Kier alpha value is -0.420. The molecule has 18 heavy (non-hydrogen) atoms. The first-order valence-electron chi connectivity index (χ1n) is 6.17. The molecular formula is C14H23BrN2O. The van der Waals surface area contributed by atoms with Gasteiger partial charge in [0.2, 0.25) is 0 Å². The Labute approximate surface area is 118 Å². The van der Waals surface area contributed by atoms with E-state index in [1.165, 1.54) is 11.1 Å². The smallest absolute Gasteiger partial charge is 0.0623 e. The second-order valence-electron chi connectivity index (χ2n) is 5.23. The quantitative estimate of drug-likeness (QED) is 0.624. The second kappa shape index (κ2) is 6.66. The number of benzene rings is 1. The van der Waals surface area contributed by atoms with Crippen molar-refractivity contribution in [2.75, 3.05) is 7.11 Å². The van der Waals surface area contributed by atoms with E-state index in [2.05, 4.69) is 60.3 Å².